The summed E-state index contributed by atoms with van der Waals surface area (Å²) in [5, 5.41) is 11.2. The zero-order chi connectivity index (χ0) is 20.2. The Morgan fingerprint density at radius 1 is 1.38 bits per heavy atom. The molecule has 5 rings (SSSR count). The lowest BCUT2D eigenvalue weighted by molar-refractivity contribution is 0.170. The standard InChI is InChI=1S/C19H18FN7O2/c1-19(8-21-9-19)25-18(28)29-14-7-23-17-16(14)24-12(6-22-17)15-11-4-3-10(20)5-13(11)27(2)26-15/h3-7,21H,8-9H2,1-2H3,(H,22,23)(H,25,28). The van der Waals surface area contributed by atoms with Gasteiger partial charge in [-0.05, 0) is 25.1 Å². The highest BCUT2D eigenvalue weighted by atomic mass is 19.1. The van der Waals surface area contributed by atoms with Gasteiger partial charge < -0.3 is 20.4 Å². The van der Waals surface area contributed by atoms with E-state index in [1.165, 1.54) is 12.1 Å². The summed E-state index contributed by atoms with van der Waals surface area (Å²) in [6.45, 7) is 3.31. The molecular weight excluding hydrogens is 377 g/mol. The van der Waals surface area contributed by atoms with Crippen LogP contribution in [0.25, 0.3) is 33.5 Å². The predicted octanol–water partition coefficient (Wildman–Crippen LogP) is 2.10. The monoisotopic (exact) mass is 395 g/mol. The first-order chi connectivity index (χ1) is 13.9. The van der Waals surface area contributed by atoms with Crippen LogP contribution in [0.4, 0.5) is 9.18 Å². The fourth-order valence-corrected chi connectivity index (χ4v) is 3.44. The molecule has 0 unspecified atom stereocenters. The first-order valence-electron chi connectivity index (χ1n) is 9.09. The van der Waals surface area contributed by atoms with E-state index in [1.54, 1.807) is 30.2 Å². The minimum Gasteiger partial charge on any atom is -0.406 e. The number of aryl methyl sites for hydroxylation is 1. The second-order valence-corrected chi connectivity index (χ2v) is 7.42. The molecule has 3 aromatic heterocycles. The first kappa shape index (κ1) is 17.6. The van der Waals surface area contributed by atoms with Crippen molar-refractivity contribution < 1.29 is 13.9 Å². The molecule has 0 bridgehead atoms. The molecule has 29 heavy (non-hydrogen) atoms. The van der Waals surface area contributed by atoms with Crippen LogP contribution in [0.15, 0.2) is 30.6 Å². The maximum atomic E-state index is 13.6. The maximum Gasteiger partial charge on any atom is 0.413 e. The second-order valence-electron chi connectivity index (χ2n) is 7.42. The van der Waals surface area contributed by atoms with Gasteiger partial charge in [0.05, 0.1) is 17.3 Å². The molecule has 0 atom stereocenters. The van der Waals surface area contributed by atoms with Gasteiger partial charge in [0.1, 0.15) is 17.2 Å². The summed E-state index contributed by atoms with van der Waals surface area (Å²) in [6.07, 6.45) is 2.57. The van der Waals surface area contributed by atoms with Gasteiger partial charge in [-0.1, -0.05) is 0 Å². The number of hydrogen-bond donors (Lipinski definition) is 3. The molecule has 0 spiro atoms. The minimum atomic E-state index is -0.555. The average Bonchev–Trinajstić information content (AvgIpc) is 3.21. The van der Waals surface area contributed by atoms with Gasteiger partial charge in [-0.15, -0.1) is 0 Å². The highest BCUT2D eigenvalue weighted by molar-refractivity contribution is 5.93. The Bertz CT molecular complexity index is 1260. The molecule has 1 fully saturated rings. The second kappa shape index (κ2) is 6.24. The van der Waals surface area contributed by atoms with E-state index in [1.807, 2.05) is 6.92 Å². The molecule has 0 radical (unpaired) electrons. The Kier molecular flexibility index (Phi) is 3.78. The number of H-pyrrole nitrogens is 1. The number of rotatable bonds is 3. The number of amides is 1. The highest BCUT2D eigenvalue weighted by Gasteiger charge is 2.34. The molecule has 3 N–H and O–H groups in total. The van der Waals surface area contributed by atoms with Crippen LogP contribution in [0.3, 0.4) is 0 Å². The van der Waals surface area contributed by atoms with Gasteiger partial charge in [0.25, 0.3) is 0 Å². The van der Waals surface area contributed by atoms with E-state index in [0.717, 1.165) is 5.39 Å². The molecule has 10 heteroatoms. The van der Waals surface area contributed by atoms with Crippen molar-refractivity contribution in [3.63, 3.8) is 0 Å². The molecule has 4 aromatic rings. The fourth-order valence-electron chi connectivity index (χ4n) is 3.44. The zero-order valence-electron chi connectivity index (χ0n) is 15.8. The third-order valence-corrected chi connectivity index (χ3v) is 5.04. The largest absolute Gasteiger partial charge is 0.413 e. The van der Waals surface area contributed by atoms with Crippen molar-refractivity contribution >= 4 is 28.2 Å². The first-order valence-corrected chi connectivity index (χ1v) is 9.09. The van der Waals surface area contributed by atoms with Crippen LogP contribution in [0.5, 0.6) is 5.75 Å². The summed E-state index contributed by atoms with van der Waals surface area (Å²) in [5.74, 6) is -0.0645. The van der Waals surface area contributed by atoms with Crippen LogP contribution in [-0.4, -0.2) is 49.5 Å². The number of halogens is 1. The van der Waals surface area contributed by atoms with Crippen LogP contribution in [0.1, 0.15) is 6.92 Å². The number of carbonyl (C=O) groups is 1. The molecular formula is C19H18FN7O2. The lowest BCUT2D eigenvalue weighted by Crippen LogP contribution is -2.67. The number of carbonyl (C=O) groups excluding carboxylic acids is 1. The van der Waals surface area contributed by atoms with Crippen LogP contribution in [0, 0.1) is 5.82 Å². The molecule has 1 aromatic carbocycles. The quantitative estimate of drug-likeness (QED) is 0.490. The van der Waals surface area contributed by atoms with Crippen molar-refractivity contribution in [1.82, 2.24) is 35.4 Å². The Hall–Kier alpha value is -3.53. The molecule has 1 saturated heterocycles. The van der Waals surface area contributed by atoms with Crippen molar-refractivity contribution in [2.75, 3.05) is 13.1 Å². The van der Waals surface area contributed by atoms with Gasteiger partial charge in [0, 0.05) is 31.7 Å². The summed E-state index contributed by atoms with van der Waals surface area (Å²) in [4.78, 5) is 24.2. The van der Waals surface area contributed by atoms with Crippen LogP contribution < -0.4 is 15.4 Å². The molecule has 1 aliphatic rings. The Morgan fingerprint density at radius 3 is 2.97 bits per heavy atom. The number of hydrogen-bond acceptors (Lipinski definition) is 6. The third-order valence-electron chi connectivity index (χ3n) is 5.04. The fraction of sp³-hybridized carbons (Fsp3) is 0.263. The van der Waals surface area contributed by atoms with Gasteiger partial charge in [-0.3, -0.25) is 4.68 Å². The summed E-state index contributed by atoms with van der Waals surface area (Å²) < 4.78 is 20.6. The van der Waals surface area contributed by atoms with E-state index in [-0.39, 0.29) is 17.1 Å². The lowest BCUT2D eigenvalue weighted by atomic mass is 9.96. The number of aromatic nitrogens is 5. The van der Waals surface area contributed by atoms with Gasteiger partial charge in [0.15, 0.2) is 16.9 Å². The van der Waals surface area contributed by atoms with Crippen molar-refractivity contribution in [3.05, 3.63) is 36.4 Å². The van der Waals surface area contributed by atoms with E-state index in [9.17, 15) is 9.18 Å². The molecule has 9 nitrogen and oxygen atoms in total. The smallest absolute Gasteiger partial charge is 0.406 e. The number of aromatic amines is 1. The number of ether oxygens (including phenoxy) is 1. The molecule has 0 aliphatic carbocycles. The summed E-state index contributed by atoms with van der Waals surface area (Å²) in [6, 6.07) is 4.46. The summed E-state index contributed by atoms with van der Waals surface area (Å²) >= 11 is 0. The van der Waals surface area contributed by atoms with E-state index < -0.39 is 6.09 Å². The number of nitrogens with zero attached hydrogens (tertiary/aromatic N) is 4. The minimum absolute atomic E-state index is 0.272. The maximum absolute atomic E-state index is 13.6. The SMILES string of the molecule is Cn1nc(-c2cnc3[nH]cc(OC(=O)NC4(C)CNC4)c3n2)c2ccc(F)cc21. The molecule has 148 valence electrons. The van der Waals surface area contributed by atoms with Crippen molar-refractivity contribution in [1.29, 1.82) is 0 Å². The van der Waals surface area contributed by atoms with Gasteiger partial charge in [-0.25, -0.2) is 19.2 Å². The predicted molar refractivity (Wildman–Crippen MR) is 104 cm³/mol. The van der Waals surface area contributed by atoms with Crippen molar-refractivity contribution in [2.45, 2.75) is 12.5 Å². The lowest BCUT2D eigenvalue weighted by Gasteiger charge is -2.39. The van der Waals surface area contributed by atoms with Gasteiger partial charge in [-0.2, -0.15) is 5.10 Å². The zero-order valence-corrected chi connectivity index (χ0v) is 15.8. The molecule has 4 heterocycles. The number of fused-ring (bicyclic) bond motifs is 2. The van der Waals surface area contributed by atoms with Gasteiger partial charge >= 0.3 is 6.09 Å². The molecule has 1 amide bonds. The van der Waals surface area contributed by atoms with E-state index in [4.69, 9.17) is 4.74 Å². The van der Waals surface area contributed by atoms with E-state index in [0.29, 0.717) is 41.2 Å². The van der Waals surface area contributed by atoms with E-state index >= 15 is 0 Å². The third kappa shape index (κ3) is 2.97. The topological polar surface area (TPSA) is 110 Å². The number of nitrogens with one attached hydrogen (secondary N) is 3. The summed E-state index contributed by atoms with van der Waals surface area (Å²) in [5.41, 5.74) is 2.29. The Labute approximate surface area is 164 Å². The molecule has 1 aliphatic heterocycles. The Morgan fingerprint density at radius 2 is 2.21 bits per heavy atom. The van der Waals surface area contributed by atoms with Crippen LogP contribution >= 0.6 is 0 Å². The van der Waals surface area contributed by atoms with Gasteiger partial charge in [0.2, 0.25) is 0 Å². The summed E-state index contributed by atoms with van der Waals surface area (Å²) in [7, 11) is 1.74. The number of benzene rings is 1. The van der Waals surface area contributed by atoms with Crippen LogP contribution in [0.2, 0.25) is 0 Å². The van der Waals surface area contributed by atoms with Crippen LogP contribution in [-0.2, 0) is 7.05 Å². The normalized spacial score (nSPS) is 15.4. The van der Waals surface area contributed by atoms with Crippen molar-refractivity contribution in [3.8, 4) is 17.1 Å². The average molecular weight is 395 g/mol. The molecule has 0 saturated carbocycles. The Balaban J connectivity index is 1.51. The van der Waals surface area contributed by atoms with Crippen molar-refractivity contribution in [2.24, 2.45) is 7.05 Å². The van der Waals surface area contributed by atoms with E-state index in [2.05, 4.69) is 30.7 Å². The highest BCUT2D eigenvalue weighted by Crippen LogP contribution is 2.30.